The molecule has 0 aliphatic heterocycles. The minimum Gasteiger partial charge on any atom is -0.497 e. The van der Waals surface area contributed by atoms with Gasteiger partial charge in [-0.15, -0.1) is 24.2 Å². The zero-order valence-corrected chi connectivity index (χ0v) is 19.9. The van der Waals surface area contributed by atoms with Crippen molar-refractivity contribution in [2.45, 2.75) is 4.90 Å². The first-order chi connectivity index (χ1) is 14.0. The van der Waals surface area contributed by atoms with Crippen LogP contribution in [0.1, 0.15) is 0 Å². The van der Waals surface area contributed by atoms with Gasteiger partial charge in [-0.25, -0.2) is 4.98 Å². The standard InChI is InChI=1S/C21H25N3O3S2.ClH/c1-23(2)11-12-24(20(25)14-27-16-7-5-15(26-3)6-8-16)21-22-18-10-9-17(28-4)13-19(18)29-21;/h5-10,13H,11-12,14H2,1-4H3;1H. The van der Waals surface area contributed by atoms with Crippen molar-refractivity contribution in [3.8, 4) is 11.5 Å². The number of amides is 1. The molecule has 1 amide bonds. The Morgan fingerprint density at radius 1 is 1.10 bits per heavy atom. The van der Waals surface area contributed by atoms with E-state index >= 15 is 0 Å². The zero-order chi connectivity index (χ0) is 20.8. The Morgan fingerprint density at radius 2 is 1.80 bits per heavy atom. The van der Waals surface area contributed by atoms with Crippen LogP contribution in [0.2, 0.25) is 0 Å². The summed E-state index contributed by atoms with van der Waals surface area (Å²) in [5.74, 6) is 1.25. The number of methoxy groups -OCH3 is 1. The first-order valence-electron chi connectivity index (χ1n) is 9.16. The molecule has 0 N–H and O–H groups in total. The molecule has 162 valence electrons. The van der Waals surface area contributed by atoms with Crippen molar-refractivity contribution in [1.29, 1.82) is 0 Å². The molecule has 6 nitrogen and oxygen atoms in total. The lowest BCUT2D eigenvalue weighted by Crippen LogP contribution is -2.39. The summed E-state index contributed by atoms with van der Waals surface area (Å²) in [7, 11) is 5.58. The van der Waals surface area contributed by atoms with Crippen LogP contribution in [-0.4, -0.2) is 62.9 Å². The van der Waals surface area contributed by atoms with Crippen molar-refractivity contribution in [3.05, 3.63) is 42.5 Å². The molecule has 0 aliphatic rings. The number of likely N-dealkylation sites (N-methyl/N-ethyl adjacent to an activating group) is 1. The summed E-state index contributed by atoms with van der Waals surface area (Å²) in [5, 5.41) is 0.698. The average Bonchev–Trinajstić information content (AvgIpc) is 3.15. The maximum absolute atomic E-state index is 13.0. The minimum absolute atomic E-state index is 0. The number of ether oxygens (including phenoxy) is 2. The number of thioether (sulfide) groups is 1. The van der Waals surface area contributed by atoms with E-state index in [1.54, 1.807) is 48.0 Å². The molecule has 0 saturated heterocycles. The average molecular weight is 468 g/mol. The lowest BCUT2D eigenvalue weighted by Gasteiger charge is -2.22. The molecule has 3 aromatic rings. The third-order valence-corrected chi connectivity index (χ3v) is 6.08. The van der Waals surface area contributed by atoms with E-state index < -0.39 is 0 Å². The molecule has 0 unspecified atom stereocenters. The summed E-state index contributed by atoms with van der Waals surface area (Å²) in [6.07, 6.45) is 2.05. The van der Waals surface area contributed by atoms with E-state index in [2.05, 4.69) is 17.1 Å². The Balaban J connectivity index is 0.00000320. The molecule has 0 radical (unpaired) electrons. The van der Waals surface area contributed by atoms with Crippen LogP contribution in [0.3, 0.4) is 0 Å². The largest absolute Gasteiger partial charge is 0.497 e. The summed E-state index contributed by atoms with van der Waals surface area (Å²) in [5.41, 5.74) is 0.904. The SMILES string of the molecule is COc1ccc(OCC(=O)N(CCN(C)C)c2nc3ccc(SC)cc3s2)cc1.Cl. The van der Waals surface area contributed by atoms with Crippen molar-refractivity contribution in [2.75, 3.05) is 52.1 Å². The zero-order valence-electron chi connectivity index (χ0n) is 17.5. The van der Waals surface area contributed by atoms with Crippen LogP contribution in [0.15, 0.2) is 47.4 Å². The molecular weight excluding hydrogens is 442 g/mol. The molecule has 3 rings (SSSR count). The summed E-state index contributed by atoms with van der Waals surface area (Å²) in [4.78, 5) is 22.6. The van der Waals surface area contributed by atoms with E-state index in [9.17, 15) is 4.79 Å². The molecule has 9 heteroatoms. The van der Waals surface area contributed by atoms with E-state index in [-0.39, 0.29) is 24.9 Å². The molecule has 1 aromatic heterocycles. The Morgan fingerprint density at radius 3 is 2.43 bits per heavy atom. The molecule has 30 heavy (non-hydrogen) atoms. The molecule has 0 fully saturated rings. The summed E-state index contributed by atoms with van der Waals surface area (Å²) in [6, 6.07) is 13.4. The highest BCUT2D eigenvalue weighted by molar-refractivity contribution is 7.98. The van der Waals surface area contributed by atoms with E-state index in [0.717, 1.165) is 22.5 Å². The quantitative estimate of drug-likeness (QED) is 0.434. The number of anilines is 1. The van der Waals surface area contributed by atoms with Crippen LogP contribution in [0.4, 0.5) is 5.13 Å². The second-order valence-electron chi connectivity index (χ2n) is 6.64. The van der Waals surface area contributed by atoms with Gasteiger partial charge in [0.05, 0.1) is 17.3 Å². The van der Waals surface area contributed by atoms with Crippen LogP contribution < -0.4 is 14.4 Å². The minimum atomic E-state index is -0.119. The van der Waals surface area contributed by atoms with Gasteiger partial charge >= 0.3 is 0 Å². The van der Waals surface area contributed by atoms with E-state index in [1.165, 1.54) is 16.2 Å². The fourth-order valence-electron chi connectivity index (χ4n) is 2.66. The van der Waals surface area contributed by atoms with Crippen molar-refractivity contribution in [3.63, 3.8) is 0 Å². The van der Waals surface area contributed by atoms with Gasteiger partial charge in [0.25, 0.3) is 5.91 Å². The van der Waals surface area contributed by atoms with Crippen LogP contribution in [0, 0.1) is 0 Å². The first-order valence-corrected chi connectivity index (χ1v) is 11.2. The second-order valence-corrected chi connectivity index (χ2v) is 8.53. The number of hydrogen-bond donors (Lipinski definition) is 0. The van der Waals surface area contributed by atoms with Crippen LogP contribution >= 0.6 is 35.5 Å². The molecule has 0 spiro atoms. The van der Waals surface area contributed by atoms with Gasteiger partial charge in [-0.05, 0) is 62.8 Å². The van der Waals surface area contributed by atoms with E-state index in [4.69, 9.17) is 9.47 Å². The highest BCUT2D eigenvalue weighted by atomic mass is 35.5. The van der Waals surface area contributed by atoms with Gasteiger partial charge in [0.1, 0.15) is 11.5 Å². The number of halogens is 1. The Hall–Kier alpha value is -2.00. The fraction of sp³-hybridized carbons (Fsp3) is 0.333. The molecular formula is C21H26ClN3O3S2. The number of carbonyl (C=O) groups is 1. The number of hydrogen-bond acceptors (Lipinski definition) is 7. The number of aromatic nitrogens is 1. The molecule has 2 aromatic carbocycles. The van der Waals surface area contributed by atoms with E-state index in [1.807, 2.05) is 31.3 Å². The maximum Gasteiger partial charge on any atom is 0.266 e. The normalized spacial score (nSPS) is 10.7. The summed E-state index contributed by atoms with van der Waals surface area (Å²) < 4.78 is 11.9. The lowest BCUT2D eigenvalue weighted by molar-refractivity contribution is -0.120. The number of thiazole rings is 1. The van der Waals surface area contributed by atoms with Gasteiger partial charge < -0.3 is 14.4 Å². The Bertz CT molecular complexity index is 964. The van der Waals surface area contributed by atoms with Crippen molar-refractivity contribution < 1.29 is 14.3 Å². The number of benzene rings is 2. The maximum atomic E-state index is 13.0. The fourth-order valence-corrected chi connectivity index (χ4v) is 4.22. The van der Waals surface area contributed by atoms with Crippen molar-refractivity contribution in [2.24, 2.45) is 0 Å². The van der Waals surface area contributed by atoms with Gasteiger partial charge in [-0.2, -0.15) is 0 Å². The van der Waals surface area contributed by atoms with Gasteiger partial charge in [0.15, 0.2) is 11.7 Å². The predicted molar refractivity (Wildman–Crippen MR) is 128 cm³/mol. The Kier molecular flexibility index (Phi) is 9.23. The van der Waals surface area contributed by atoms with E-state index in [0.29, 0.717) is 17.4 Å². The predicted octanol–water partition coefficient (Wildman–Crippen LogP) is 4.42. The highest BCUT2D eigenvalue weighted by Crippen LogP contribution is 2.31. The molecule has 1 heterocycles. The Labute approximate surface area is 191 Å². The van der Waals surface area contributed by atoms with Crippen molar-refractivity contribution >= 4 is 56.8 Å². The third-order valence-electron chi connectivity index (χ3n) is 4.31. The molecule has 0 bridgehead atoms. The van der Waals surface area contributed by atoms with Gasteiger partial charge in [0, 0.05) is 18.0 Å². The number of nitrogens with zero attached hydrogens (tertiary/aromatic N) is 3. The lowest BCUT2D eigenvalue weighted by atomic mass is 10.3. The van der Waals surface area contributed by atoms with Crippen molar-refractivity contribution in [1.82, 2.24) is 9.88 Å². The first kappa shape index (κ1) is 24.3. The van der Waals surface area contributed by atoms with Gasteiger partial charge in [0.2, 0.25) is 0 Å². The van der Waals surface area contributed by atoms with Gasteiger partial charge in [-0.1, -0.05) is 11.3 Å². The summed E-state index contributed by atoms with van der Waals surface area (Å²) >= 11 is 3.22. The topological polar surface area (TPSA) is 54.9 Å². The molecule has 0 saturated carbocycles. The second kappa shape index (κ2) is 11.4. The molecule has 0 atom stereocenters. The highest BCUT2D eigenvalue weighted by Gasteiger charge is 2.20. The third kappa shape index (κ3) is 6.25. The van der Waals surface area contributed by atoms with Crippen LogP contribution in [-0.2, 0) is 4.79 Å². The van der Waals surface area contributed by atoms with Crippen LogP contribution in [0.25, 0.3) is 10.2 Å². The molecule has 0 aliphatic carbocycles. The monoisotopic (exact) mass is 467 g/mol. The number of rotatable bonds is 9. The smallest absolute Gasteiger partial charge is 0.266 e. The van der Waals surface area contributed by atoms with Gasteiger partial charge in [-0.3, -0.25) is 9.69 Å². The summed E-state index contributed by atoms with van der Waals surface area (Å²) in [6.45, 7) is 1.24. The number of fused-ring (bicyclic) bond motifs is 1. The van der Waals surface area contributed by atoms with Crippen LogP contribution in [0.5, 0.6) is 11.5 Å². The number of carbonyl (C=O) groups excluding carboxylic acids is 1.